The Labute approximate surface area is 228 Å². The van der Waals surface area contributed by atoms with Crippen LogP contribution in [0.2, 0.25) is 5.02 Å². The SMILES string of the molecule is CCCCCCC(=O)N1CCN(CCN(CC2=CCC3CC2C3(C)C)C(=O)Nc2ccc(Cl)cc2)CC1. The highest BCUT2D eigenvalue weighted by Crippen LogP contribution is 2.59. The molecule has 4 aliphatic rings. The number of fused-ring (bicyclic) bond motifs is 1. The van der Waals surface area contributed by atoms with Crippen LogP contribution in [-0.4, -0.2) is 72.5 Å². The highest BCUT2D eigenvalue weighted by atomic mass is 35.5. The summed E-state index contributed by atoms with van der Waals surface area (Å²) in [5.74, 6) is 1.65. The third-order valence-corrected chi connectivity index (χ3v) is 9.25. The summed E-state index contributed by atoms with van der Waals surface area (Å²) in [5, 5.41) is 3.73. The maximum Gasteiger partial charge on any atom is 0.322 e. The molecule has 6 nitrogen and oxygen atoms in total. The minimum Gasteiger partial charge on any atom is -0.340 e. The first-order valence-electron chi connectivity index (χ1n) is 14.3. The predicted molar refractivity (Wildman–Crippen MR) is 152 cm³/mol. The highest BCUT2D eigenvalue weighted by molar-refractivity contribution is 6.30. The number of anilines is 1. The van der Waals surface area contributed by atoms with Crippen molar-refractivity contribution in [3.63, 3.8) is 0 Å². The summed E-state index contributed by atoms with van der Waals surface area (Å²) < 4.78 is 0. The molecule has 1 saturated carbocycles. The molecular formula is C30H45ClN4O2. The average Bonchev–Trinajstić information content (AvgIpc) is 2.90. The summed E-state index contributed by atoms with van der Waals surface area (Å²) >= 11 is 6.03. The Bertz CT molecular complexity index is 953. The zero-order valence-corrected chi connectivity index (χ0v) is 23.7. The Balaban J connectivity index is 1.31. The molecule has 1 aliphatic heterocycles. The van der Waals surface area contributed by atoms with Crippen LogP contribution in [0.4, 0.5) is 10.5 Å². The van der Waals surface area contributed by atoms with E-state index < -0.39 is 0 Å². The Morgan fingerprint density at radius 2 is 1.81 bits per heavy atom. The first-order chi connectivity index (χ1) is 17.8. The molecule has 5 rings (SSSR count). The number of unbranched alkanes of at least 4 members (excludes halogenated alkanes) is 3. The van der Waals surface area contributed by atoms with Crippen molar-refractivity contribution < 1.29 is 9.59 Å². The zero-order valence-electron chi connectivity index (χ0n) is 23.0. The van der Waals surface area contributed by atoms with Gasteiger partial charge in [-0.15, -0.1) is 0 Å². The number of nitrogens with one attached hydrogen (secondary N) is 1. The number of carbonyl (C=O) groups is 2. The third kappa shape index (κ3) is 7.08. The Hall–Kier alpha value is -2.05. The Kier molecular flexibility index (Phi) is 9.57. The number of halogens is 1. The number of hydrogen-bond donors (Lipinski definition) is 1. The van der Waals surface area contributed by atoms with Gasteiger partial charge in [0.05, 0.1) is 0 Å². The lowest BCUT2D eigenvalue weighted by atomic mass is 9.49. The minimum atomic E-state index is -0.0663. The Morgan fingerprint density at radius 1 is 1.08 bits per heavy atom. The van der Waals surface area contributed by atoms with Crippen molar-refractivity contribution in [1.29, 1.82) is 0 Å². The van der Waals surface area contributed by atoms with Gasteiger partial charge in [0.1, 0.15) is 0 Å². The largest absolute Gasteiger partial charge is 0.340 e. The van der Waals surface area contributed by atoms with Gasteiger partial charge in [-0.05, 0) is 60.8 Å². The van der Waals surface area contributed by atoms with E-state index in [4.69, 9.17) is 11.6 Å². The number of carbonyl (C=O) groups excluding carboxylic acids is 2. The fraction of sp³-hybridized carbons (Fsp3) is 0.667. The van der Waals surface area contributed by atoms with Crippen LogP contribution in [0.3, 0.4) is 0 Å². The molecule has 2 atom stereocenters. The number of hydrogen-bond acceptors (Lipinski definition) is 3. The van der Waals surface area contributed by atoms with E-state index in [1.165, 1.54) is 24.8 Å². The van der Waals surface area contributed by atoms with Crippen molar-refractivity contribution in [2.75, 3.05) is 51.1 Å². The number of allylic oxidation sites excluding steroid dienone is 1. The second kappa shape index (κ2) is 12.7. The molecule has 1 aromatic rings. The van der Waals surface area contributed by atoms with Gasteiger partial charge >= 0.3 is 6.03 Å². The predicted octanol–water partition coefficient (Wildman–Crippen LogP) is 6.28. The van der Waals surface area contributed by atoms with E-state index in [1.54, 1.807) is 12.1 Å². The minimum absolute atomic E-state index is 0.0663. The molecule has 0 radical (unpaired) electrons. The van der Waals surface area contributed by atoms with Crippen molar-refractivity contribution in [3.05, 3.63) is 40.9 Å². The van der Waals surface area contributed by atoms with Crippen LogP contribution in [0.5, 0.6) is 0 Å². The monoisotopic (exact) mass is 528 g/mol. The molecular weight excluding hydrogens is 484 g/mol. The second-order valence-electron chi connectivity index (χ2n) is 11.7. The molecule has 1 saturated heterocycles. The van der Waals surface area contributed by atoms with Gasteiger partial charge < -0.3 is 15.1 Å². The fourth-order valence-electron chi connectivity index (χ4n) is 6.21. The van der Waals surface area contributed by atoms with E-state index in [-0.39, 0.29) is 6.03 Å². The van der Waals surface area contributed by atoms with E-state index in [9.17, 15) is 9.59 Å². The molecule has 0 aromatic heterocycles. The number of piperazine rings is 1. The summed E-state index contributed by atoms with van der Waals surface area (Å²) in [5.41, 5.74) is 2.51. The lowest BCUT2D eigenvalue weighted by Crippen LogP contribution is -2.52. The van der Waals surface area contributed by atoms with Gasteiger partial charge in [0, 0.05) is 62.9 Å². The molecule has 3 aliphatic carbocycles. The van der Waals surface area contributed by atoms with E-state index >= 15 is 0 Å². The molecule has 0 spiro atoms. The van der Waals surface area contributed by atoms with Crippen molar-refractivity contribution in [2.45, 2.75) is 65.7 Å². The van der Waals surface area contributed by atoms with Crippen molar-refractivity contribution in [2.24, 2.45) is 17.3 Å². The molecule has 204 valence electrons. The second-order valence-corrected chi connectivity index (χ2v) is 12.1. The molecule has 2 bridgehead atoms. The molecule has 1 aromatic carbocycles. The van der Waals surface area contributed by atoms with Gasteiger partial charge in [-0.25, -0.2) is 4.79 Å². The smallest absolute Gasteiger partial charge is 0.322 e. The average molecular weight is 529 g/mol. The lowest BCUT2D eigenvalue weighted by molar-refractivity contribution is -0.133. The van der Waals surface area contributed by atoms with Gasteiger partial charge in [-0.3, -0.25) is 9.69 Å². The quantitative estimate of drug-likeness (QED) is 0.271. The first-order valence-corrected chi connectivity index (χ1v) is 14.7. The van der Waals surface area contributed by atoms with Crippen molar-refractivity contribution in [3.8, 4) is 0 Å². The van der Waals surface area contributed by atoms with Gasteiger partial charge in [0.2, 0.25) is 5.91 Å². The molecule has 2 unspecified atom stereocenters. The van der Waals surface area contributed by atoms with Crippen LogP contribution >= 0.6 is 11.6 Å². The standard InChI is InChI=1S/C30H45ClN4O2/c1-4-5-6-7-8-28(36)34-18-15-33(16-19-34)17-20-35(29(37)32-26-13-11-25(31)12-14-26)22-23-9-10-24-21-27(23)30(24,2)3/h9,11-14,24,27H,4-8,10,15-22H2,1-3H3,(H,32,37). The van der Waals surface area contributed by atoms with Gasteiger partial charge in [-0.2, -0.15) is 0 Å². The van der Waals surface area contributed by atoms with Crippen LogP contribution in [-0.2, 0) is 4.79 Å². The van der Waals surface area contributed by atoms with Crippen LogP contribution in [0, 0.1) is 17.3 Å². The highest BCUT2D eigenvalue weighted by Gasteiger charge is 2.51. The van der Waals surface area contributed by atoms with Crippen LogP contribution < -0.4 is 5.32 Å². The Morgan fingerprint density at radius 3 is 2.46 bits per heavy atom. The van der Waals surface area contributed by atoms with E-state index in [1.807, 2.05) is 21.9 Å². The topological polar surface area (TPSA) is 55.9 Å². The number of benzene rings is 1. The normalized spacial score (nSPS) is 22.7. The first kappa shape index (κ1) is 28.0. The van der Waals surface area contributed by atoms with Crippen molar-refractivity contribution in [1.82, 2.24) is 14.7 Å². The maximum absolute atomic E-state index is 13.4. The van der Waals surface area contributed by atoms with Gasteiger partial charge in [0.15, 0.2) is 0 Å². The number of amides is 3. The third-order valence-electron chi connectivity index (χ3n) is 8.99. The molecule has 1 heterocycles. The zero-order chi connectivity index (χ0) is 26.4. The van der Waals surface area contributed by atoms with Gasteiger partial charge in [-0.1, -0.05) is 63.3 Å². The van der Waals surface area contributed by atoms with Crippen LogP contribution in [0.15, 0.2) is 35.9 Å². The summed E-state index contributed by atoms with van der Waals surface area (Å²) in [6.45, 7) is 12.4. The number of urea groups is 1. The summed E-state index contributed by atoms with van der Waals surface area (Å²) in [4.78, 5) is 32.3. The molecule has 1 N–H and O–H groups in total. The number of nitrogens with zero attached hydrogens (tertiary/aromatic N) is 3. The maximum atomic E-state index is 13.4. The molecule has 3 amide bonds. The van der Waals surface area contributed by atoms with E-state index in [2.05, 4.69) is 37.1 Å². The van der Waals surface area contributed by atoms with E-state index in [0.717, 1.165) is 63.6 Å². The summed E-state index contributed by atoms with van der Waals surface area (Å²) in [7, 11) is 0. The van der Waals surface area contributed by atoms with Crippen molar-refractivity contribution >= 4 is 29.2 Å². The van der Waals surface area contributed by atoms with E-state index in [0.29, 0.717) is 41.8 Å². The number of rotatable bonds is 11. The summed E-state index contributed by atoms with van der Waals surface area (Å²) in [6.07, 6.45) is 9.98. The van der Waals surface area contributed by atoms with Crippen LogP contribution in [0.1, 0.15) is 65.7 Å². The molecule has 2 fully saturated rings. The fourth-order valence-corrected chi connectivity index (χ4v) is 6.33. The van der Waals surface area contributed by atoms with Crippen LogP contribution in [0.25, 0.3) is 0 Å². The molecule has 7 heteroatoms. The lowest BCUT2D eigenvalue weighted by Gasteiger charge is -2.57. The summed E-state index contributed by atoms with van der Waals surface area (Å²) in [6, 6.07) is 7.22. The van der Waals surface area contributed by atoms with Gasteiger partial charge in [0.25, 0.3) is 0 Å². The molecule has 37 heavy (non-hydrogen) atoms.